The molecule has 0 amide bonds. The second kappa shape index (κ2) is 29.4. The Labute approximate surface area is 111 Å². The van der Waals surface area contributed by atoms with E-state index in [1.807, 2.05) is 53.7 Å². The Hall–Kier alpha value is -1.04. The molecular weight excluding hydrogens is 204 g/mol. The van der Waals surface area contributed by atoms with Gasteiger partial charge in [0, 0.05) is 0 Å². The van der Waals surface area contributed by atoms with Crippen molar-refractivity contribution in [3.8, 4) is 0 Å². The molecule has 0 radical (unpaired) electrons. The van der Waals surface area contributed by atoms with Crippen LogP contribution in [-0.4, -0.2) is 0 Å². The molecule has 0 heterocycles. The maximum Gasteiger partial charge on any atom is -0.0266 e. The first-order valence-electron chi connectivity index (χ1n) is 6.84. The lowest BCUT2D eigenvalue weighted by Gasteiger charge is -1.94. The van der Waals surface area contributed by atoms with Gasteiger partial charge in [-0.05, 0) is 11.5 Å². The van der Waals surface area contributed by atoms with Crippen LogP contribution in [-0.2, 0) is 0 Å². The second-order valence-corrected chi connectivity index (χ2v) is 2.71. The van der Waals surface area contributed by atoms with Gasteiger partial charge in [-0.15, -0.1) is 0 Å². The molecule has 0 aliphatic carbocycles. The summed E-state index contributed by atoms with van der Waals surface area (Å²) in [6.45, 7) is 23.6. The molecule has 0 aliphatic heterocycles. The zero-order chi connectivity index (χ0) is 14.7. The third-order valence-corrected chi connectivity index (χ3v) is 1.22. The molecule has 0 aromatic carbocycles. The van der Waals surface area contributed by atoms with E-state index in [0.717, 1.165) is 5.57 Å². The lowest BCUT2D eigenvalue weighted by molar-refractivity contribution is 0.831. The number of allylic oxidation sites excluding steroid dienone is 6. The van der Waals surface area contributed by atoms with Crippen molar-refractivity contribution in [3.05, 3.63) is 49.1 Å². The minimum atomic E-state index is 0.586. The van der Waals surface area contributed by atoms with Crippen LogP contribution in [0.5, 0.6) is 0 Å². The summed E-state index contributed by atoms with van der Waals surface area (Å²) in [5.74, 6) is 0.586. The monoisotopic (exact) mass is 238 g/mol. The largest absolute Gasteiger partial charge is 0.0990 e. The van der Waals surface area contributed by atoms with E-state index >= 15 is 0 Å². The van der Waals surface area contributed by atoms with Crippen LogP contribution < -0.4 is 0 Å². The van der Waals surface area contributed by atoms with Gasteiger partial charge in [0.1, 0.15) is 0 Å². The summed E-state index contributed by atoms with van der Waals surface area (Å²) >= 11 is 0. The van der Waals surface area contributed by atoms with E-state index in [2.05, 4.69) is 39.2 Å². The van der Waals surface area contributed by atoms with Crippen molar-refractivity contribution in [2.75, 3.05) is 0 Å². The fourth-order valence-electron chi connectivity index (χ4n) is 0.631. The Morgan fingerprint density at radius 3 is 1.53 bits per heavy atom. The third-order valence-electron chi connectivity index (χ3n) is 1.22. The standard InChI is InChI=1S/C11H16.3C2H6/c1-5-7-11(6-2)9-8-10(3)4;3*1-2/h5-10H,1-2H2,3-4H3;3*1-2H3/b9-8+,11-7+;;;. The molecular formula is C17H34. The van der Waals surface area contributed by atoms with Crippen LogP contribution in [0.3, 0.4) is 0 Å². The summed E-state index contributed by atoms with van der Waals surface area (Å²) in [7, 11) is 0. The highest BCUT2D eigenvalue weighted by Gasteiger charge is 1.84. The van der Waals surface area contributed by atoms with Crippen molar-refractivity contribution in [2.45, 2.75) is 55.4 Å². The van der Waals surface area contributed by atoms with Crippen molar-refractivity contribution in [2.24, 2.45) is 5.92 Å². The minimum absolute atomic E-state index is 0.586. The Balaban J connectivity index is -0.000000121. The zero-order valence-electron chi connectivity index (χ0n) is 13.4. The number of rotatable bonds is 4. The molecule has 0 spiro atoms. The van der Waals surface area contributed by atoms with Crippen molar-refractivity contribution in [1.82, 2.24) is 0 Å². The summed E-state index contributed by atoms with van der Waals surface area (Å²) in [6, 6.07) is 0. The van der Waals surface area contributed by atoms with E-state index in [-0.39, 0.29) is 0 Å². The maximum atomic E-state index is 3.69. The van der Waals surface area contributed by atoms with Gasteiger partial charge in [0.2, 0.25) is 0 Å². The van der Waals surface area contributed by atoms with Crippen molar-refractivity contribution in [1.29, 1.82) is 0 Å². The first-order valence-corrected chi connectivity index (χ1v) is 6.84. The van der Waals surface area contributed by atoms with Gasteiger partial charge in [0.05, 0.1) is 0 Å². The normalized spacial score (nSPS) is 9.12. The molecule has 0 rings (SSSR count). The smallest absolute Gasteiger partial charge is 0.0266 e. The molecule has 0 saturated carbocycles. The topological polar surface area (TPSA) is 0 Å². The van der Waals surface area contributed by atoms with E-state index in [0.29, 0.717) is 5.92 Å². The zero-order valence-corrected chi connectivity index (χ0v) is 13.4. The Morgan fingerprint density at radius 2 is 1.29 bits per heavy atom. The van der Waals surface area contributed by atoms with Gasteiger partial charge in [-0.25, -0.2) is 0 Å². The van der Waals surface area contributed by atoms with E-state index in [4.69, 9.17) is 0 Å². The van der Waals surface area contributed by atoms with Crippen LogP contribution in [0.15, 0.2) is 49.1 Å². The molecule has 0 saturated heterocycles. The Bertz CT molecular complexity index is 180. The van der Waals surface area contributed by atoms with Gasteiger partial charge in [-0.2, -0.15) is 0 Å². The summed E-state index contributed by atoms with van der Waals surface area (Å²) in [5, 5.41) is 0. The minimum Gasteiger partial charge on any atom is -0.0990 e. The highest BCUT2D eigenvalue weighted by atomic mass is 13.9. The first kappa shape index (κ1) is 25.0. The maximum absolute atomic E-state index is 3.69. The predicted octanol–water partition coefficient (Wildman–Crippen LogP) is 6.58. The van der Waals surface area contributed by atoms with Gasteiger partial charge in [-0.3, -0.25) is 0 Å². The highest BCUT2D eigenvalue weighted by molar-refractivity contribution is 5.32. The molecule has 17 heavy (non-hydrogen) atoms. The molecule has 0 aliphatic rings. The lowest BCUT2D eigenvalue weighted by atomic mass is 10.1. The van der Waals surface area contributed by atoms with E-state index in [9.17, 15) is 0 Å². The fourth-order valence-corrected chi connectivity index (χ4v) is 0.631. The van der Waals surface area contributed by atoms with Gasteiger partial charge >= 0.3 is 0 Å². The van der Waals surface area contributed by atoms with Gasteiger partial charge in [-0.1, -0.05) is 98.9 Å². The molecule has 102 valence electrons. The van der Waals surface area contributed by atoms with Gasteiger partial charge in [0.25, 0.3) is 0 Å². The number of hydrogen-bond donors (Lipinski definition) is 0. The van der Waals surface area contributed by atoms with Crippen LogP contribution in [0.4, 0.5) is 0 Å². The van der Waals surface area contributed by atoms with E-state index in [1.165, 1.54) is 0 Å². The molecule has 0 nitrogen and oxygen atoms in total. The summed E-state index contributed by atoms with van der Waals surface area (Å²) in [6.07, 6.45) is 9.71. The Kier molecular flexibility index (Phi) is 43.2. The van der Waals surface area contributed by atoms with Crippen LogP contribution in [0.1, 0.15) is 55.4 Å². The fraction of sp³-hybridized carbons (Fsp3) is 0.529. The van der Waals surface area contributed by atoms with Crippen LogP contribution >= 0.6 is 0 Å². The molecule has 0 aromatic heterocycles. The first-order chi connectivity index (χ1) is 8.20. The number of hydrogen-bond acceptors (Lipinski definition) is 0. The van der Waals surface area contributed by atoms with Crippen molar-refractivity contribution >= 4 is 0 Å². The molecule has 0 fully saturated rings. The van der Waals surface area contributed by atoms with Gasteiger partial charge < -0.3 is 0 Å². The van der Waals surface area contributed by atoms with E-state index in [1.54, 1.807) is 6.08 Å². The van der Waals surface area contributed by atoms with Gasteiger partial charge in [0.15, 0.2) is 0 Å². The molecule has 0 aromatic rings. The molecule has 0 atom stereocenters. The average molecular weight is 238 g/mol. The summed E-state index contributed by atoms with van der Waals surface area (Å²) in [4.78, 5) is 0. The Morgan fingerprint density at radius 1 is 0.882 bits per heavy atom. The molecule has 0 N–H and O–H groups in total. The quantitative estimate of drug-likeness (QED) is 0.485. The summed E-state index contributed by atoms with van der Waals surface area (Å²) < 4.78 is 0. The molecule has 0 unspecified atom stereocenters. The average Bonchev–Trinajstić information content (AvgIpc) is 2.41. The van der Waals surface area contributed by atoms with E-state index < -0.39 is 0 Å². The second-order valence-electron chi connectivity index (χ2n) is 2.71. The van der Waals surface area contributed by atoms with Crippen LogP contribution in [0.25, 0.3) is 0 Å². The SMILES string of the molecule is C=C/C=C(C=C)/C=C/C(C)C.CC.CC.CC. The summed E-state index contributed by atoms with van der Waals surface area (Å²) in [5.41, 5.74) is 1.11. The molecule has 0 heteroatoms. The predicted molar refractivity (Wildman–Crippen MR) is 86.5 cm³/mol. The molecule has 0 bridgehead atoms. The van der Waals surface area contributed by atoms with Crippen molar-refractivity contribution < 1.29 is 0 Å². The third kappa shape index (κ3) is 31.3. The lowest BCUT2D eigenvalue weighted by Crippen LogP contribution is -1.77. The highest BCUT2D eigenvalue weighted by Crippen LogP contribution is 2.02. The van der Waals surface area contributed by atoms with Crippen molar-refractivity contribution in [3.63, 3.8) is 0 Å². The van der Waals surface area contributed by atoms with Crippen LogP contribution in [0, 0.1) is 5.92 Å². The van der Waals surface area contributed by atoms with Crippen LogP contribution in [0.2, 0.25) is 0 Å².